The van der Waals surface area contributed by atoms with Crippen LogP contribution in [0.3, 0.4) is 0 Å². The number of benzene rings is 1. The fourth-order valence-electron chi connectivity index (χ4n) is 3.51. The number of rotatable bonds is 3. The summed E-state index contributed by atoms with van der Waals surface area (Å²) in [5.41, 5.74) is 0.827. The molecular weight excluding hydrogens is 377 g/mol. The first-order valence-electron chi connectivity index (χ1n) is 9.06. The molecule has 0 bridgehead atoms. The van der Waals surface area contributed by atoms with E-state index in [4.69, 9.17) is 8.94 Å². The van der Waals surface area contributed by atoms with E-state index < -0.39 is 11.4 Å². The van der Waals surface area contributed by atoms with Crippen molar-refractivity contribution in [2.24, 2.45) is 0 Å². The molecule has 0 aliphatic rings. The zero-order valence-electron chi connectivity index (χ0n) is 15.9. The van der Waals surface area contributed by atoms with Gasteiger partial charge in [-0.05, 0) is 45.0 Å². The van der Waals surface area contributed by atoms with Crippen molar-refractivity contribution in [3.63, 3.8) is 0 Å². The van der Waals surface area contributed by atoms with Crippen molar-refractivity contribution in [1.82, 2.24) is 24.1 Å². The fraction of sp³-hybridized carbons (Fsp3) is 0.200. The van der Waals surface area contributed by atoms with Crippen LogP contribution in [-0.2, 0) is 0 Å². The first-order valence-corrected chi connectivity index (χ1v) is 9.06. The Morgan fingerprint density at radius 1 is 1.14 bits per heavy atom. The van der Waals surface area contributed by atoms with Crippen molar-refractivity contribution in [2.45, 2.75) is 26.8 Å². The predicted octanol–water partition coefficient (Wildman–Crippen LogP) is 3.99. The Bertz CT molecular complexity index is 1440. The minimum Gasteiger partial charge on any atom is -0.458 e. The van der Waals surface area contributed by atoms with Gasteiger partial charge in [0.2, 0.25) is 5.82 Å². The van der Waals surface area contributed by atoms with Crippen LogP contribution >= 0.6 is 0 Å². The lowest BCUT2D eigenvalue weighted by atomic mass is 10.2. The monoisotopic (exact) mass is 393 g/mol. The van der Waals surface area contributed by atoms with Crippen LogP contribution in [0.5, 0.6) is 0 Å². The number of imidazole rings is 1. The van der Waals surface area contributed by atoms with E-state index in [0.29, 0.717) is 17.0 Å². The number of para-hydroxylation sites is 1. The third-order valence-electron chi connectivity index (χ3n) is 4.76. The molecule has 0 spiro atoms. The van der Waals surface area contributed by atoms with Gasteiger partial charge >= 0.3 is 0 Å². The summed E-state index contributed by atoms with van der Waals surface area (Å²) in [5, 5.41) is 3.93. The summed E-state index contributed by atoms with van der Waals surface area (Å²) < 4.78 is 28.4. The average molecular weight is 393 g/mol. The second-order valence-corrected chi connectivity index (χ2v) is 7.02. The van der Waals surface area contributed by atoms with E-state index in [2.05, 4.69) is 15.1 Å². The Kier molecular flexibility index (Phi) is 3.67. The molecule has 8 nitrogen and oxygen atoms in total. The molecule has 5 rings (SSSR count). The van der Waals surface area contributed by atoms with Crippen LogP contribution < -0.4 is 5.56 Å². The molecule has 4 aromatic heterocycles. The van der Waals surface area contributed by atoms with Gasteiger partial charge in [0, 0.05) is 6.04 Å². The normalized spacial score (nSPS) is 11.9. The standard InChI is InChI=1S/C20H16FN5O3/c1-10(2)26-16-12(21)5-4-6-13(16)25-9-22-15(17(25)20(26)27)19-23-18(24-29-19)14-8-7-11(3)28-14/h4-10H,1-3H3. The van der Waals surface area contributed by atoms with Crippen LogP contribution in [0.1, 0.15) is 25.6 Å². The molecule has 0 fully saturated rings. The van der Waals surface area contributed by atoms with Gasteiger partial charge in [0.25, 0.3) is 11.4 Å². The minimum absolute atomic E-state index is 0.0831. The summed E-state index contributed by atoms with van der Waals surface area (Å²) in [6.07, 6.45) is 1.46. The summed E-state index contributed by atoms with van der Waals surface area (Å²) in [6, 6.07) is 7.92. The maximum Gasteiger partial charge on any atom is 0.279 e. The number of aryl methyl sites for hydroxylation is 1. The van der Waals surface area contributed by atoms with E-state index in [1.807, 2.05) is 20.8 Å². The summed E-state index contributed by atoms with van der Waals surface area (Å²) in [5.74, 6) is 1.03. The van der Waals surface area contributed by atoms with Gasteiger partial charge in [-0.15, -0.1) is 0 Å². The van der Waals surface area contributed by atoms with Crippen LogP contribution in [0.15, 0.2) is 50.4 Å². The van der Waals surface area contributed by atoms with Gasteiger partial charge in [-0.3, -0.25) is 13.8 Å². The van der Waals surface area contributed by atoms with Crippen LogP contribution in [0.2, 0.25) is 0 Å². The fourth-order valence-corrected chi connectivity index (χ4v) is 3.51. The van der Waals surface area contributed by atoms with E-state index >= 15 is 0 Å². The van der Waals surface area contributed by atoms with E-state index in [9.17, 15) is 9.18 Å². The summed E-state index contributed by atoms with van der Waals surface area (Å²) >= 11 is 0. The quantitative estimate of drug-likeness (QED) is 0.460. The Balaban J connectivity index is 1.80. The van der Waals surface area contributed by atoms with E-state index in [1.54, 1.807) is 28.7 Å². The van der Waals surface area contributed by atoms with Gasteiger partial charge < -0.3 is 8.94 Å². The lowest BCUT2D eigenvalue weighted by Gasteiger charge is -2.16. The Labute approximate surface area is 163 Å². The summed E-state index contributed by atoms with van der Waals surface area (Å²) in [6.45, 7) is 5.46. The lowest BCUT2D eigenvalue weighted by Crippen LogP contribution is -2.25. The lowest BCUT2D eigenvalue weighted by molar-refractivity contribution is 0.428. The number of aromatic nitrogens is 5. The highest BCUT2D eigenvalue weighted by atomic mass is 19.1. The SMILES string of the molecule is Cc1ccc(-c2noc(-c3ncn4c3c(=O)n(C(C)C)c3c(F)cccc34)n2)o1. The largest absolute Gasteiger partial charge is 0.458 e. The third kappa shape index (κ3) is 2.50. The molecule has 0 aliphatic heterocycles. The second kappa shape index (κ2) is 6.13. The highest BCUT2D eigenvalue weighted by molar-refractivity contribution is 5.84. The van der Waals surface area contributed by atoms with Crippen molar-refractivity contribution in [2.75, 3.05) is 0 Å². The smallest absolute Gasteiger partial charge is 0.279 e. The molecular formula is C20H16FN5O3. The molecule has 0 unspecified atom stereocenters. The van der Waals surface area contributed by atoms with Crippen LogP contribution in [0.4, 0.5) is 4.39 Å². The average Bonchev–Trinajstić information content (AvgIpc) is 3.40. The predicted molar refractivity (Wildman–Crippen MR) is 103 cm³/mol. The molecule has 29 heavy (non-hydrogen) atoms. The van der Waals surface area contributed by atoms with Gasteiger partial charge in [0.05, 0.1) is 5.52 Å². The molecule has 1 aromatic carbocycles. The Morgan fingerprint density at radius 3 is 2.69 bits per heavy atom. The maximum absolute atomic E-state index is 14.6. The van der Waals surface area contributed by atoms with Gasteiger partial charge in [0.1, 0.15) is 28.9 Å². The molecule has 0 aliphatic carbocycles. The molecule has 0 saturated heterocycles. The van der Waals surface area contributed by atoms with Gasteiger partial charge in [0.15, 0.2) is 11.5 Å². The number of halogens is 1. The first kappa shape index (κ1) is 17.4. The first-order chi connectivity index (χ1) is 14.0. The van der Waals surface area contributed by atoms with Crippen LogP contribution in [0.25, 0.3) is 39.7 Å². The number of fused-ring (bicyclic) bond motifs is 3. The zero-order valence-corrected chi connectivity index (χ0v) is 15.9. The van der Waals surface area contributed by atoms with E-state index in [-0.39, 0.29) is 34.5 Å². The number of nitrogens with zero attached hydrogens (tertiary/aromatic N) is 5. The molecule has 0 radical (unpaired) electrons. The van der Waals surface area contributed by atoms with Crippen molar-refractivity contribution >= 4 is 16.6 Å². The summed E-state index contributed by atoms with van der Waals surface area (Å²) in [7, 11) is 0. The zero-order chi connectivity index (χ0) is 20.3. The summed E-state index contributed by atoms with van der Waals surface area (Å²) in [4.78, 5) is 21.9. The van der Waals surface area contributed by atoms with Crippen molar-refractivity contribution in [3.8, 4) is 23.2 Å². The van der Waals surface area contributed by atoms with Crippen molar-refractivity contribution in [1.29, 1.82) is 0 Å². The molecule has 5 aromatic rings. The topological polar surface area (TPSA) is 91.4 Å². The molecule has 146 valence electrons. The van der Waals surface area contributed by atoms with E-state index in [0.717, 1.165) is 0 Å². The number of hydrogen-bond acceptors (Lipinski definition) is 6. The molecule has 9 heteroatoms. The van der Waals surface area contributed by atoms with E-state index in [1.165, 1.54) is 17.0 Å². The molecule has 0 saturated carbocycles. The van der Waals surface area contributed by atoms with Crippen LogP contribution in [-0.4, -0.2) is 24.1 Å². The Hall–Kier alpha value is -3.75. The Morgan fingerprint density at radius 2 is 1.97 bits per heavy atom. The van der Waals surface area contributed by atoms with Gasteiger partial charge in [-0.1, -0.05) is 11.2 Å². The number of hydrogen-bond donors (Lipinski definition) is 0. The molecule has 0 atom stereocenters. The van der Waals surface area contributed by atoms with Crippen molar-refractivity contribution in [3.05, 3.63) is 58.6 Å². The van der Waals surface area contributed by atoms with Gasteiger partial charge in [-0.25, -0.2) is 9.37 Å². The highest BCUT2D eigenvalue weighted by Gasteiger charge is 2.23. The maximum atomic E-state index is 14.6. The molecule has 0 amide bonds. The molecule has 0 N–H and O–H groups in total. The minimum atomic E-state index is -0.473. The van der Waals surface area contributed by atoms with Gasteiger partial charge in [-0.2, -0.15) is 4.98 Å². The highest BCUT2D eigenvalue weighted by Crippen LogP contribution is 2.27. The number of furan rings is 1. The van der Waals surface area contributed by atoms with Crippen LogP contribution in [0, 0.1) is 12.7 Å². The third-order valence-corrected chi connectivity index (χ3v) is 4.76. The van der Waals surface area contributed by atoms with Crippen molar-refractivity contribution < 1.29 is 13.3 Å². The molecule has 4 heterocycles. The second-order valence-electron chi connectivity index (χ2n) is 7.02.